The van der Waals surface area contributed by atoms with Crippen molar-refractivity contribution in [1.82, 2.24) is 4.98 Å². The fourth-order valence-electron chi connectivity index (χ4n) is 2.77. The molecule has 0 aromatic carbocycles. The van der Waals surface area contributed by atoms with Crippen LogP contribution in [-0.2, 0) is 0 Å². The predicted molar refractivity (Wildman–Crippen MR) is 66.9 cm³/mol. The van der Waals surface area contributed by atoms with E-state index in [2.05, 4.69) is 18.0 Å². The van der Waals surface area contributed by atoms with Crippen molar-refractivity contribution >= 4 is 0 Å². The first kappa shape index (κ1) is 11.6. The van der Waals surface area contributed by atoms with Crippen LogP contribution in [0.3, 0.4) is 0 Å². The third kappa shape index (κ3) is 2.62. The number of hydrogen-bond acceptors (Lipinski definition) is 2. The molecule has 0 aliphatic heterocycles. The maximum absolute atomic E-state index is 6.29. The SMILES string of the molecule is CCC1CCC(C(N)c2ccccn2)CC1. The van der Waals surface area contributed by atoms with Gasteiger partial charge < -0.3 is 5.73 Å². The maximum atomic E-state index is 6.29. The average Bonchev–Trinajstić information content (AvgIpc) is 2.39. The molecule has 1 aromatic heterocycles. The molecule has 0 saturated heterocycles. The molecule has 0 amide bonds. The number of hydrogen-bond donors (Lipinski definition) is 1. The summed E-state index contributed by atoms with van der Waals surface area (Å²) in [6.45, 7) is 2.30. The summed E-state index contributed by atoms with van der Waals surface area (Å²) in [7, 11) is 0. The summed E-state index contributed by atoms with van der Waals surface area (Å²) in [6.07, 6.45) is 8.41. The van der Waals surface area contributed by atoms with E-state index in [1.807, 2.05) is 18.3 Å². The largest absolute Gasteiger partial charge is 0.322 e. The van der Waals surface area contributed by atoms with Gasteiger partial charge in [0.2, 0.25) is 0 Å². The molecule has 2 N–H and O–H groups in total. The Hall–Kier alpha value is -0.890. The van der Waals surface area contributed by atoms with Crippen molar-refractivity contribution in [3.05, 3.63) is 30.1 Å². The van der Waals surface area contributed by atoms with E-state index < -0.39 is 0 Å². The lowest BCUT2D eigenvalue weighted by Crippen LogP contribution is -2.26. The summed E-state index contributed by atoms with van der Waals surface area (Å²) in [5.74, 6) is 1.57. The summed E-state index contributed by atoms with van der Waals surface area (Å²) in [5.41, 5.74) is 7.35. The highest BCUT2D eigenvalue weighted by atomic mass is 14.8. The zero-order valence-electron chi connectivity index (χ0n) is 10.1. The normalized spacial score (nSPS) is 27.6. The molecule has 2 nitrogen and oxygen atoms in total. The van der Waals surface area contributed by atoms with Crippen LogP contribution < -0.4 is 5.73 Å². The number of pyridine rings is 1. The monoisotopic (exact) mass is 218 g/mol. The van der Waals surface area contributed by atoms with E-state index in [0.717, 1.165) is 11.6 Å². The molecule has 0 bridgehead atoms. The van der Waals surface area contributed by atoms with Gasteiger partial charge in [0.1, 0.15) is 0 Å². The lowest BCUT2D eigenvalue weighted by molar-refractivity contribution is 0.238. The Morgan fingerprint density at radius 3 is 2.62 bits per heavy atom. The number of rotatable bonds is 3. The third-order valence-corrected chi connectivity index (χ3v) is 4.01. The second-order valence-corrected chi connectivity index (χ2v) is 4.97. The Labute approximate surface area is 98.3 Å². The molecule has 1 aliphatic carbocycles. The molecular weight excluding hydrogens is 196 g/mol. The van der Waals surface area contributed by atoms with Gasteiger partial charge in [-0.05, 0) is 36.8 Å². The molecule has 0 spiro atoms. The molecule has 1 fully saturated rings. The minimum absolute atomic E-state index is 0.138. The summed E-state index contributed by atoms with van der Waals surface area (Å²) >= 11 is 0. The highest BCUT2D eigenvalue weighted by Gasteiger charge is 2.26. The van der Waals surface area contributed by atoms with Crippen LogP contribution in [0.25, 0.3) is 0 Å². The molecule has 1 heterocycles. The average molecular weight is 218 g/mol. The van der Waals surface area contributed by atoms with Gasteiger partial charge >= 0.3 is 0 Å². The van der Waals surface area contributed by atoms with Gasteiger partial charge in [0, 0.05) is 12.2 Å². The van der Waals surface area contributed by atoms with Gasteiger partial charge in [-0.1, -0.05) is 32.3 Å². The highest BCUT2D eigenvalue weighted by molar-refractivity contribution is 5.09. The molecule has 1 aromatic rings. The van der Waals surface area contributed by atoms with Crippen LogP contribution in [0.5, 0.6) is 0 Å². The van der Waals surface area contributed by atoms with Crippen LogP contribution in [0.2, 0.25) is 0 Å². The van der Waals surface area contributed by atoms with E-state index in [1.54, 1.807) is 0 Å². The first-order valence-electron chi connectivity index (χ1n) is 6.47. The van der Waals surface area contributed by atoms with Crippen molar-refractivity contribution < 1.29 is 0 Å². The van der Waals surface area contributed by atoms with Gasteiger partial charge in [0.25, 0.3) is 0 Å². The first-order valence-corrected chi connectivity index (χ1v) is 6.47. The van der Waals surface area contributed by atoms with Gasteiger partial charge in [-0.25, -0.2) is 0 Å². The second kappa shape index (κ2) is 5.44. The Kier molecular flexibility index (Phi) is 3.94. The van der Waals surface area contributed by atoms with Gasteiger partial charge in [-0.15, -0.1) is 0 Å². The first-order chi connectivity index (χ1) is 7.81. The molecule has 1 atom stereocenters. The Morgan fingerprint density at radius 2 is 2.06 bits per heavy atom. The smallest absolute Gasteiger partial charge is 0.0573 e. The van der Waals surface area contributed by atoms with E-state index in [0.29, 0.717) is 5.92 Å². The lowest BCUT2D eigenvalue weighted by atomic mass is 9.77. The van der Waals surface area contributed by atoms with Crippen LogP contribution in [0.15, 0.2) is 24.4 Å². The van der Waals surface area contributed by atoms with Crippen molar-refractivity contribution in [3.8, 4) is 0 Å². The molecule has 2 heteroatoms. The second-order valence-electron chi connectivity index (χ2n) is 4.97. The van der Waals surface area contributed by atoms with E-state index in [4.69, 9.17) is 5.73 Å². The van der Waals surface area contributed by atoms with Gasteiger partial charge in [-0.3, -0.25) is 4.98 Å². The summed E-state index contributed by atoms with van der Waals surface area (Å²) in [6, 6.07) is 6.17. The summed E-state index contributed by atoms with van der Waals surface area (Å²) in [5, 5.41) is 0. The molecule has 1 unspecified atom stereocenters. The molecule has 2 rings (SSSR count). The van der Waals surface area contributed by atoms with Crippen molar-refractivity contribution in [3.63, 3.8) is 0 Å². The number of nitrogens with zero attached hydrogens (tertiary/aromatic N) is 1. The minimum atomic E-state index is 0.138. The zero-order chi connectivity index (χ0) is 11.4. The Balaban J connectivity index is 1.94. The van der Waals surface area contributed by atoms with Crippen molar-refractivity contribution in [2.75, 3.05) is 0 Å². The molecular formula is C14H22N2. The van der Waals surface area contributed by atoms with Crippen LogP contribution in [0.4, 0.5) is 0 Å². The van der Waals surface area contributed by atoms with Crippen molar-refractivity contribution in [1.29, 1.82) is 0 Å². The molecule has 88 valence electrons. The Morgan fingerprint density at radius 1 is 1.31 bits per heavy atom. The van der Waals surface area contributed by atoms with Crippen LogP contribution >= 0.6 is 0 Å². The molecule has 0 radical (unpaired) electrons. The van der Waals surface area contributed by atoms with Gasteiger partial charge in [0.05, 0.1) is 5.69 Å². The van der Waals surface area contributed by atoms with E-state index in [-0.39, 0.29) is 6.04 Å². The standard InChI is InChI=1S/C14H22N2/c1-2-11-6-8-12(9-7-11)14(15)13-5-3-4-10-16-13/h3-5,10-12,14H,2,6-9,15H2,1H3. The van der Waals surface area contributed by atoms with Crippen molar-refractivity contribution in [2.24, 2.45) is 17.6 Å². The number of nitrogens with two attached hydrogens (primary N) is 1. The topological polar surface area (TPSA) is 38.9 Å². The van der Waals surface area contributed by atoms with E-state index >= 15 is 0 Å². The van der Waals surface area contributed by atoms with Gasteiger partial charge in [0.15, 0.2) is 0 Å². The van der Waals surface area contributed by atoms with Gasteiger partial charge in [-0.2, -0.15) is 0 Å². The third-order valence-electron chi connectivity index (χ3n) is 4.01. The van der Waals surface area contributed by atoms with Crippen LogP contribution in [-0.4, -0.2) is 4.98 Å². The van der Waals surface area contributed by atoms with Crippen molar-refractivity contribution in [2.45, 2.75) is 45.1 Å². The fourth-order valence-corrected chi connectivity index (χ4v) is 2.77. The minimum Gasteiger partial charge on any atom is -0.322 e. The maximum Gasteiger partial charge on any atom is 0.0573 e. The zero-order valence-corrected chi connectivity index (χ0v) is 10.1. The van der Waals surface area contributed by atoms with E-state index in [1.165, 1.54) is 32.1 Å². The highest BCUT2D eigenvalue weighted by Crippen LogP contribution is 2.36. The molecule has 16 heavy (non-hydrogen) atoms. The van der Waals surface area contributed by atoms with Crippen LogP contribution in [0, 0.1) is 11.8 Å². The predicted octanol–water partition coefficient (Wildman–Crippen LogP) is 3.30. The summed E-state index contributed by atoms with van der Waals surface area (Å²) in [4.78, 5) is 4.37. The number of aromatic nitrogens is 1. The molecule has 1 aliphatic rings. The quantitative estimate of drug-likeness (QED) is 0.845. The Bertz CT molecular complexity index is 302. The van der Waals surface area contributed by atoms with E-state index in [9.17, 15) is 0 Å². The molecule has 1 saturated carbocycles. The lowest BCUT2D eigenvalue weighted by Gasteiger charge is -2.31. The summed E-state index contributed by atoms with van der Waals surface area (Å²) < 4.78 is 0. The van der Waals surface area contributed by atoms with Crippen LogP contribution in [0.1, 0.15) is 50.8 Å². The fraction of sp³-hybridized carbons (Fsp3) is 0.643.